The van der Waals surface area contributed by atoms with Gasteiger partial charge in [-0.1, -0.05) is 36.4 Å². The van der Waals surface area contributed by atoms with Crippen LogP contribution in [0.5, 0.6) is 0 Å². The molecule has 21 heavy (non-hydrogen) atoms. The van der Waals surface area contributed by atoms with E-state index in [1.165, 1.54) is 16.7 Å². The summed E-state index contributed by atoms with van der Waals surface area (Å²) >= 11 is 0. The van der Waals surface area contributed by atoms with Gasteiger partial charge in [0, 0.05) is 12.5 Å². The lowest BCUT2D eigenvalue weighted by molar-refractivity contribution is 0.391. The lowest BCUT2D eigenvalue weighted by Gasteiger charge is -2.35. The fraction of sp³-hybridized carbons (Fsp3) is 0.368. The highest BCUT2D eigenvalue weighted by atomic mass is 19.1. The Morgan fingerprint density at radius 3 is 2.38 bits per heavy atom. The maximum absolute atomic E-state index is 14.2. The standard InChI is InChI=1S/C19H22FN/c1-13-6-5-7-14(2)19(13)16-10-11-21-12-17(16)15-8-3-4-9-18(15)20/h3-9,16-17,21H,10-12H2,1-2H3. The molecule has 1 saturated heterocycles. The molecule has 0 amide bonds. The molecule has 0 bridgehead atoms. The van der Waals surface area contributed by atoms with Crippen molar-refractivity contribution in [3.63, 3.8) is 0 Å². The molecule has 0 spiro atoms. The molecule has 2 atom stereocenters. The third-order valence-corrected chi connectivity index (χ3v) is 4.70. The van der Waals surface area contributed by atoms with Gasteiger partial charge < -0.3 is 5.32 Å². The third-order valence-electron chi connectivity index (χ3n) is 4.70. The summed E-state index contributed by atoms with van der Waals surface area (Å²) in [4.78, 5) is 0. The van der Waals surface area contributed by atoms with Crippen LogP contribution < -0.4 is 5.32 Å². The van der Waals surface area contributed by atoms with Crippen LogP contribution in [0.1, 0.15) is 40.5 Å². The van der Waals surface area contributed by atoms with Crippen molar-refractivity contribution in [1.82, 2.24) is 5.32 Å². The number of aryl methyl sites for hydroxylation is 2. The molecule has 110 valence electrons. The van der Waals surface area contributed by atoms with Crippen LogP contribution in [0.3, 0.4) is 0 Å². The number of nitrogens with one attached hydrogen (secondary N) is 1. The molecule has 1 aliphatic heterocycles. The van der Waals surface area contributed by atoms with E-state index in [1.807, 2.05) is 12.1 Å². The molecule has 0 aromatic heterocycles. The minimum atomic E-state index is -0.0811. The van der Waals surface area contributed by atoms with Gasteiger partial charge >= 0.3 is 0 Å². The minimum Gasteiger partial charge on any atom is -0.316 e. The van der Waals surface area contributed by atoms with Gasteiger partial charge in [-0.05, 0) is 61.1 Å². The zero-order valence-corrected chi connectivity index (χ0v) is 12.7. The molecule has 0 saturated carbocycles. The quantitative estimate of drug-likeness (QED) is 0.866. The second-order valence-corrected chi connectivity index (χ2v) is 6.03. The van der Waals surface area contributed by atoms with Gasteiger partial charge in [0.05, 0.1) is 0 Å². The van der Waals surface area contributed by atoms with E-state index in [9.17, 15) is 4.39 Å². The predicted molar refractivity (Wildman–Crippen MR) is 85.3 cm³/mol. The Bertz CT molecular complexity index is 615. The molecular weight excluding hydrogens is 261 g/mol. The normalized spacial score (nSPS) is 22.2. The van der Waals surface area contributed by atoms with Crippen LogP contribution in [-0.4, -0.2) is 13.1 Å². The molecule has 2 aromatic carbocycles. The minimum absolute atomic E-state index is 0.0811. The summed E-state index contributed by atoms with van der Waals surface area (Å²) in [7, 11) is 0. The van der Waals surface area contributed by atoms with Gasteiger partial charge in [0.1, 0.15) is 5.82 Å². The molecular formula is C19H22FN. The van der Waals surface area contributed by atoms with E-state index in [1.54, 1.807) is 12.1 Å². The molecule has 0 aliphatic carbocycles. The van der Waals surface area contributed by atoms with Gasteiger partial charge in [0.15, 0.2) is 0 Å². The number of halogens is 1. The highest BCUT2D eigenvalue weighted by Gasteiger charge is 2.31. The van der Waals surface area contributed by atoms with E-state index in [0.29, 0.717) is 5.92 Å². The van der Waals surface area contributed by atoms with Crippen molar-refractivity contribution in [1.29, 1.82) is 0 Å². The lowest BCUT2D eigenvalue weighted by Crippen LogP contribution is -2.35. The fourth-order valence-electron chi connectivity index (χ4n) is 3.72. The predicted octanol–water partition coefficient (Wildman–Crippen LogP) is 4.30. The van der Waals surface area contributed by atoms with Crippen LogP contribution in [0, 0.1) is 19.7 Å². The first kappa shape index (κ1) is 14.3. The average molecular weight is 283 g/mol. The zero-order chi connectivity index (χ0) is 14.8. The largest absolute Gasteiger partial charge is 0.316 e. The van der Waals surface area contributed by atoms with E-state index in [4.69, 9.17) is 0 Å². The second-order valence-electron chi connectivity index (χ2n) is 6.03. The lowest BCUT2D eigenvalue weighted by atomic mass is 9.74. The van der Waals surface area contributed by atoms with E-state index in [2.05, 4.69) is 37.4 Å². The summed E-state index contributed by atoms with van der Waals surface area (Å²) in [6.07, 6.45) is 1.06. The van der Waals surface area contributed by atoms with Crippen LogP contribution in [-0.2, 0) is 0 Å². The van der Waals surface area contributed by atoms with Crippen LogP contribution in [0.15, 0.2) is 42.5 Å². The van der Waals surface area contributed by atoms with Crippen molar-refractivity contribution in [2.45, 2.75) is 32.1 Å². The van der Waals surface area contributed by atoms with Crippen LogP contribution in [0.25, 0.3) is 0 Å². The molecule has 1 nitrogen and oxygen atoms in total. The number of rotatable bonds is 2. The Morgan fingerprint density at radius 2 is 1.67 bits per heavy atom. The Balaban J connectivity index is 2.05. The van der Waals surface area contributed by atoms with E-state index >= 15 is 0 Å². The number of piperidine rings is 1. The molecule has 1 fully saturated rings. The molecule has 2 aromatic rings. The van der Waals surface area contributed by atoms with Crippen LogP contribution in [0.2, 0.25) is 0 Å². The summed E-state index contributed by atoms with van der Waals surface area (Å²) in [5, 5.41) is 3.43. The number of benzene rings is 2. The van der Waals surface area contributed by atoms with E-state index in [-0.39, 0.29) is 11.7 Å². The highest BCUT2D eigenvalue weighted by Crippen LogP contribution is 2.40. The first-order valence-corrected chi connectivity index (χ1v) is 7.69. The number of hydrogen-bond acceptors (Lipinski definition) is 1. The van der Waals surface area contributed by atoms with Gasteiger partial charge in [-0.2, -0.15) is 0 Å². The second kappa shape index (κ2) is 5.98. The third kappa shape index (κ3) is 2.73. The summed E-state index contributed by atoms with van der Waals surface area (Å²) in [6, 6.07) is 13.7. The van der Waals surface area contributed by atoms with Crippen molar-refractivity contribution in [2.24, 2.45) is 0 Å². The zero-order valence-electron chi connectivity index (χ0n) is 12.7. The molecule has 1 aliphatic rings. The Kier molecular flexibility index (Phi) is 4.07. The maximum atomic E-state index is 14.2. The molecule has 3 rings (SSSR count). The SMILES string of the molecule is Cc1cccc(C)c1C1CCNCC1c1ccccc1F. The van der Waals surface area contributed by atoms with Crippen molar-refractivity contribution in [3.05, 3.63) is 70.5 Å². The Morgan fingerprint density at radius 1 is 0.952 bits per heavy atom. The molecule has 2 unspecified atom stereocenters. The topological polar surface area (TPSA) is 12.0 Å². The van der Waals surface area contributed by atoms with Crippen molar-refractivity contribution in [2.75, 3.05) is 13.1 Å². The first-order chi connectivity index (χ1) is 10.2. The van der Waals surface area contributed by atoms with Crippen LogP contribution >= 0.6 is 0 Å². The summed E-state index contributed by atoms with van der Waals surface area (Å²) < 4.78 is 14.2. The smallest absolute Gasteiger partial charge is 0.126 e. The van der Waals surface area contributed by atoms with Gasteiger partial charge in [-0.25, -0.2) is 4.39 Å². The van der Waals surface area contributed by atoms with Crippen molar-refractivity contribution in [3.8, 4) is 0 Å². The fourth-order valence-corrected chi connectivity index (χ4v) is 3.72. The summed E-state index contributed by atoms with van der Waals surface area (Å²) in [5.41, 5.74) is 4.90. The Labute approximate surface area is 126 Å². The van der Waals surface area contributed by atoms with E-state index in [0.717, 1.165) is 25.1 Å². The Hall–Kier alpha value is -1.67. The van der Waals surface area contributed by atoms with Crippen LogP contribution in [0.4, 0.5) is 4.39 Å². The molecule has 2 heteroatoms. The monoisotopic (exact) mass is 283 g/mol. The van der Waals surface area contributed by atoms with E-state index < -0.39 is 0 Å². The average Bonchev–Trinajstić information content (AvgIpc) is 2.48. The van der Waals surface area contributed by atoms with Gasteiger partial charge in [-0.15, -0.1) is 0 Å². The molecule has 0 radical (unpaired) electrons. The van der Waals surface area contributed by atoms with Crippen molar-refractivity contribution >= 4 is 0 Å². The van der Waals surface area contributed by atoms with Crippen molar-refractivity contribution < 1.29 is 4.39 Å². The van der Waals surface area contributed by atoms with Gasteiger partial charge in [0.25, 0.3) is 0 Å². The molecule has 1 N–H and O–H groups in total. The van der Waals surface area contributed by atoms with Gasteiger partial charge in [0.2, 0.25) is 0 Å². The summed E-state index contributed by atoms with van der Waals surface area (Å²) in [5.74, 6) is 0.520. The highest BCUT2D eigenvalue weighted by molar-refractivity contribution is 5.40. The molecule has 1 heterocycles. The maximum Gasteiger partial charge on any atom is 0.126 e. The first-order valence-electron chi connectivity index (χ1n) is 7.69. The number of hydrogen-bond donors (Lipinski definition) is 1. The summed E-state index contributed by atoms with van der Waals surface area (Å²) in [6.45, 7) is 6.19. The van der Waals surface area contributed by atoms with Gasteiger partial charge in [-0.3, -0.25) is 0 Å².